The first-order valence-electron chi connectivity index (χ1n) is 6.92. The van der Waals surface area contributed by atoms with Crippen LogP contribution in [-0.2, 0) is 6.54 Å². The summed E-state index contributed by atoms with van der Waals surface area (Å²) in [6.45, 7) is 2.93. The summed E-state index contributed by atoms with van der Waals surface area (Å²) in [7, 11) is 0. The normalized spacial score (nSPS) is 14.6. The van der Waals surface area contributed by atoms with Crippen molar-refractivity contribution in [2.24, 2.45) is 0 Å². The molecule has 104 valence electrons. The molecule has 0 aliphatic heterocycles. The Labute approximate surface area is 127 Å². The molecule has 0 bridgehead atoms. The Morgan fingerprint density at radius 1 is 1.15 bits per heavy atom. The summed E-state index contributed by atoms with van der Waals surface area (Å²) in [5.74, 6) is -0.180. The monoisotopic (exact) mass is 333 g/mol. The van der Waals surface area contributed by atoms with E-state index in [4.69, 9.17) is 0 Å². The van der Waals surface area contributed by atoms with Crippen LogP contribution in [0.3, 0.4) is 0 Å². The van der Waals surface area contributed by atoms with Crippen molar-refractivity contribution in [2.45, 2.75) is 32.4 Å². The summed E-state index contributed by atoms with van der Waals surface area (Å²) in [5.41, 5.74) is 3.98. The summed E-state index contributed by atoms with van der Waals surface area (Å²) < 4.78 is 14.9. The van der Waals surface area contributed by atoms with E-state index in [1.807, 2.05) is 19.1 Å². The molecular formula is C17H17BrFN. The molecule has 0 atom stereocenters. The Morgan fingerprint density at radius 2 is 1.95 bits per heavy atom. The largest absolute Gasteiger partial charge is 0.310 e. The van der Waals surface area contributed by atoms with E-state index in [0.29, 0.717) is 11.6 Å². The minimum atomic E-state index is -0.180. The zero-order valence-corrected chi connectivity index (χ0v) is 13.0. The Bertz CT molecular complexity index is 635. The molecule has 1 aliphatic carbocycles. The molecule has 0 unspecified atom stereocenters. The maximum atomic E-state index is 14.0. The van der Waals surface area contributed by atoms with Crippen LogP contribution in [0.5, 0.6) is 0 Å². The van der Waals surface area contributed by atoms with Crippen LogP contribution >= 0.6 is 15.9 Å². The molecule has 0 heterocycles. The van der Waals surface area contributed by atoms with Crippen LogP contribution < -0.4 is 5.32 Å². The van der Waals surface area contributed by atoms with Crippen molar-refractivity contribution in [1.29, 1.82) is 0 Å². The SMILES string of the molecule is Cc1cc(CNC2CC2)ccc1-c1cc(Br)ccc1F. The van der Waals surface area contributed by atoms with Gasteiger partial charge in [-0.1, -0.05) is 34.1 Å². The third kappa shape index (κ3) is 3.10. The number of hydrogen-bond acceptors (Lipinski definition) is 1. The Morgan fingerprint density at radius 3 is 2.65 bits per heavy atom. The molecule has 3 rings (SSSR count). The average Bonchev–Trinajstić information content (AvgIpc) is 3.24. The summed E-state index contributed by atoms with van der Waals surface area (Å²) >= 11 is 3.40. The fourth-order valence-electron chi connectivity index (χ4n) is 2.39. The van der Waals surface area contributed by atoms with Gasteiger partial charge in [0.1, 0.15) is 5.82 Å². The fourth-order valence-corrected chi connectivity index (χ4v) is 2.75. The predicted molar refractivity (Wildman–Crippen MR) is 84.1 cm³/mol. The zero-order valence-electron chi connectivity index (χ0n) is 11.4. The van der Waals surface area contributed by atoms with E-state index in [2.05, 4.69) is 33.4 Å². The molecule has 1 saturated carbocycles. The molecule has 2 aromatic carbocycles. The van der Waals surface area contributed by atoms with Crippen molar-refractivity contribution in [3.05, 3.63) is 57.8 Å². The topological polar surface area (TPSA) is 12.0 Å². The van der Waals surface area contributed by atoms with Gasteiger partial charge in [-0.25, -0.2) is 4.39 Å². The molecule has 1 aliphatic rings. The number of rotatable bonds is 4. The van der Waals surface area contributed by atoms with Crippen molar-refractivity contribution in [3.8, 4) is 11.1 Å². The van der Waals surface area contributed by atoms with Gasteiger partial charge in [-0.05, 0) is 54.7 Å². The van der Waals surface area contributed by atoms with Crippen LogP contribution in [0, 0.1) is 12.7 Å². The van der Waals surface area contributed by atoms with Crippen LogP contribution in [0.25, 0.3) is 11.1 Å². The van der Waals surface area contributed by atoms with Gasteiger partial charge in [0.2, 0.25) is 0 Å². The molecule has 0 aromatic heterocycles. The molecule has 1 N–H and O–H groups in total. The van der Waals surface area contributed by atoms with Gasteiger partial charge in [0, 0.05) is 22.6 Å². The van der Waals surface area contributed by atoms with Gasteiger partial charge in [0.25, 0.3) is 0 Å². The highest BCUT2D eigenvalue weighted by molar-refractivity contribution is 9.10. The number of hydrogen-bond donors (Lipinski definition) is 1. The maximum absolute atomic E-state index is 14.0. The van der Waals surface area contributed by atoms with Crippen molar-refractivity contribution in [3.63, 3.8) is 0 Å². The minimum Gasteiger partial charge on any atom is -0.310 e. The van der Waals surface area contributed by atoms with E-state index in [9.17, 15) is 4.39 Å². The van der Waals surface area contributed by atoms with Gasteiger partial charge in [-0.2, -0.15) is 0 Å². The highest BCUT2D eigenvalue weighted by atomic mass is 79.9. The highest BCUT2D eigenvalue weighted by Gasteiger charge is 2.20. The van der Waals surface area contributed by atoms with Crippen LogP contribution in [0.4, 0.5) is 4.39 Å². The Hall–Kier alpha value is -1.19. The molecule has 0 radical (unpaired) electrons. The highest BCUT2D eigenvalue weighted by Crippen LogP contribution is 2.29. The summed E-state index contributed by atoms with van der Waals surface area (Å²) in [4.78, 5) is 0. The smallest absolute Gasteiger partial charge is 0.131 e. The Kier molecular flexibility index (Phi) is 3.90. The zero-order chi connectivity index (χ0) is 14.1. The quantitative estimate of drug-likeness (QED) is 0.846. The lowest BCUT2D eigenvalue weighted by molar-refractivity contribution is 0.631. The molecular weight excluding hydrogens is 317 g/mol. The second-order valence-electron chi connectivity index (χ2n) is 5.43. The maximum Gasteiger partial charge on any atom is 0.131 e. The van der Waals surface area contributed by atoms with Crippen molar-refractivity contribution in [2.75, 3.05) is 0 Å². The standard InChI is InChI=1S/C17H17BrFN/c1-11-8-12(10-20-14-4-5-14)2-6-15(11)16-9-13(18)3-7-17(16)19/h2-3,6-9,14,20H,4-5,10H2,1H3. The summed E-state index contributed by atoms with van der Waals surface area (Å²) in [5, 5.41) is 3.50. The van der Waals surface area contributed by atoms with E-state index in [1.54, 1.807) is 6.07 Å². The number of halogens is 2. The summed E-state index contributed by atoms with van der Waals surface area (Å²) in [6.07, 6.45) is 2.58. The molecule has 1 nitrogen and oxygen atoms in total. The van der Waals surface area contributed by atoms with Crippen molar-refractivity contribution >= 4 is 15.9 Å². The van der Waals surface area contributed by atoms with Gasteiger partial charge in [-0.3, -0.25) is 0 Å². The van der Waals surface area contributed by atoms with Gasteiger partial charge >= 0.3 is 0 Å². The lowest BCUT2D eigenvalue weighted by Crippen LogP contribution is -2.15. The second kappa shape index (κ2) is 5.66. The second-order valence-corrected chi connectivity index (χ2v) is 6.34. The molecule has 1 fully saturated rings. The van der Waals surface area contributed by atoms with Gasteiger partial charge in [0.05, 0.1) is 0 Å². The molecule has 2 aromatic rings. The molecule has 3 heteroatoms. The van der Waals surface area contributed by atoms with Gasteiger partial charge < -0.3 is 5.32 Å². The van der Waals surface area contributed by atoms with Crippen LogP contribution in [0.1, 0.15) is 24.0 Å². The lowest BCUT2D eigenvalue weighted by atomic mass is 9.98. The Balaban J connectivity index is 1.87. The van der Waals surface area contributed by atoms with Crippen LogP contribution in [-0.4, -0.2) is 6.04 Å². The number of aryl methyl sites for hydroxylation is 1. The third-order valence-corrected chi connectivity index (χ3v) is 4.17. The first-order chi connectivity index (χ1) is 9.63. The van der Waals surface area contributed by atoms with E-state index >= 15 is 0 Å². The third-order valence-electron chi connectivity index (χ3n) is 3.68. The first kappa shape index (κ1) is 13.8. The van der Waals surface area contributed by atoms with Crippen LogP contribution in [0.15, 0.2) is 40.9 Å². The number of benzene rings is 2. The summed E-state index contributed by atoms with van der Waals surface area (Å²) in [6, 6.07) is 12.0. The molecule has 20 heavy (non-hydrogen) atoms. The first-order valence-corrected chi connectivity index (χ1v) is 7.71. The molecule has 0 spiro atoms. The van der Waals surface area contributed by atoms with E-state index in [0.717, 1.165) is 22.1 Å². The molecule has 0 amide bonds. The lowest BCUT2D eigenvalue weighted by Gasteiger charge is -2.11. The van der Waals surface area contributed by atoms with Crippen molar-refractivity contribution in [1.82, 2.24) is 5.32 Å². The van der Waals surface area contributed by atoms with E-state index < -0.39 is 0 Å². The van der Waals surface area contributed by atoms with E-state index in [-0.39, 0.29) is 5.82 Å². The van der Waals surface area contributed by atoms with E-state index in [1.165, 1.54) is 24.5 Å². The number of nitrogens with one attached hydrogen (secondary N) is 1. The van der Waals surface area contributed by atoms with Crippen LogP contribution in [0.2, 0.25) is 0 Å². The molecule has 0 saturated heterocycles. The van der Waals surface area contributed by atoms with Gasteiger partial charge in [-0.15, -0.1) is 0 Å². The fraction of sp³-hybridized carbons (Fsp3) is 0.294. The van der Waals surface area contributed by atoms with Crippen molar-refractivity contribution < 1.29 is 4.39 Å². The van der Waals surface area contributed by atoms with Gasteiger partial charge in [0.15, 0.2) is 0 Å². The predicted octanol–water partition coefficient (Wildman–Crippen LogP) is 4.82. The minimum absolute atomic E-state index is 0.180. The average molecular weight is 334 g/mol.